The third kappa shape index (κ3) is 5.39. The quantitative estimate of drug-likeness (QED) is 0.297. The van der Waals surface area contributed by atoms with Gasteiger partial charge in [-0.2, -0.15) is 0 Å². The van der Waals surface area contributed by atoms with Crippen LogP contribution in [0.3, 0.4) is 0 Å². The number of aromatic nitrogens is 3. The van der Waals surface area contributed by atoms with E-state index in [4.69, 9.17) is 4.98 Å². The number of carbonyl (C=O) groups is 1. The molecule has 1 saturated heterocycles. The lowest BCUT2D eigenvalue weighted by Crippen LogP contribution is -2.46. The topological polar surface area (TPSA) is 75.0 Å². The summed E-state index contributed by atoms with van der Waals surface area (Å²) in [6.07, 6.45) is -2.85. The van der Waals surface area contributed by atoms with Crippen molar-refractivity contribution in [2.24, 2.45) is 0 Å². The minimum absolute atomic E-state index is 0.165. The second-order valence-electron chi connectivity index (χ2n) is 9.50. The predicted octanol–water partition coefficient (Wildman–Crippen LogP) is 5.41. The molecule has 206 valence electrons. The predicted molar refractivity (Wildman–Crippen MR) is 148 cm³/mol. The van der Waals surface area contributed by atoms with Gasteiger partial charge in [-0.1, -0.05) is 6.07 Å². The molecular weight excluding hydrogens is 541 g/mol. The Morgan fingerprint density at radius 2 is 1.75 bits per heavy atom. The van der Waals surface area contributed by atoms with Crippen molar-refractivity contribution in [1.29, 1.82) is 0 Å². The fraction of sp³-hybridized carbons (Fsp3) is 0.250. The number of fused-ring (bicyclic) bond motifs is 2. The summed E-state index contributed by atoms with van der Waals surface area (Å²) in [7, 11) is 0. The van der Waals surface area contributed by atoms with Crippen LogP contribution in [0.2, 0.25) is 0 Å². The van der Waals surface area contributed by atoms with Crippen molar-refractivity contribution >= 4 is 44.6 Å². The number of hydrogen-bond acceptors (Lipinski definition) is 7. The number of aryl methyl sites for hydroxylation is 1. The molecule has 12 heteroatoms. The summed E-state index contributed by atoms with van der Waals surface area (Å²) in [5.41, 5.74) is 3.94. The van der Waals surface area contributed by atoms with Crippen LogP contribution in [0.4, 0.5) is 24.7 Å². The Labute approximate surface area is 231 Å². The Morgan fingerprint density at radius 1 is 1.00 bits per heavy atom. The number of anilines is 2. The first-order chi connectivity index (χ1) is 19.2. The van der Waals surface area contributed by atoms with Crippen molar-refractivity contribution in [1.82, 2.24) is 19.7 Å². The van der Waals surface area contributed by atoms with Gasteiger partial charge in [0.05, 0.1) is 11.2 Å². The minimum atomic E-state index is -4.70. The van der Waals surface area contributed by atoms with Gasteiger partial charge in [0.15, 0.2) is 4.96 Å². The number of alkyl halides is 3. The summed E-state index contributed by atoms with van der Waals surface area (Å²) in [5.74, 6) is 0.480. The van der Waals surface area contributed by atoms with Crippen molar-refractivity contribution in [3.05, 3.63) is 83.1 Å². The highest BCUT2D eigenvalue weighted by molar-refractivity contribution is 7.15. The van der Waals surface area contributed by atoms with E-state index in [1.54, 1.807) is 12.1 Å². The molecule has 2 aromatic carbocycles. The average molecular weight is 567 g/mol. The molecule has 1 N–H and O–H groups in total. The van der Waals surface area contributed by atoms with E-state index in [-0.39, 0.29) is 11.7 Å². The molecule has 3 aromatic heterocycles. The normalized spacial score (nSPS) is 14.2. The summed E-state index contributed by atoms with van der Waals surface area (Å²) >= 11 is 1.49. The van der Waals surface area contributed by atoms with Gasteiger partial charge in [0.25, 0.3) is 5.91 Å². The van der Waals surface area contributed by atoms with Crippen LogP contribution < -0.4 is 19.9 Å². The van der Waals surface area contributed by atoms with Gasteiger partial charge in [0.2, 0.25) is 0 Å². The van der Waals surface area contributed by atoms with Crippen molar-refractivity contribution in [3.63, 3.8) is 0 Å². The number of carbonyl (C=O) groups excluding carboxylic acids is 1. The molecule has 0 radical (unpaired) electrons. The van der Waals surface area contributed by atoms with Gasteiger partial charge in [-0.25, -0.2) is 9.97 Å². The first kappa shape index (κ1) is 25.9. The van der Waals surface area contributed by atoms with Crippen LogP contribution in [0.1, 0.15) is 21.7 Å². The fourth-order valence-corrected chi connectivity index (χ4v) is 5.70. The molecule has 0 spiro atoms. The molecular formula is C28H25F3N6O2S. The standard InChI is InChI=1S/C28H25F3N6O2S/c1-18-25(37-14-15-40-27(37)33-18)26(38)32-17-19-2-8-23-20(16-19)3-9-24(34-23)36-12-10-35(11-13-36)21-4-6-22(7-5-21)39-28(29,30)31/h2-9,14-16H,10-13,17H2,1H3,(H,32,38). The molecule has 0 saturated carbocycles. The highest BCUT2D eigenvalue weighted by Gasteiger charge is 2.31. The number of imidazole rings is 1. The zero-order chi connectivity index (χ0) is 27.9. The van der Waals surface area contributed by atoms with Gasteiger partial charge in [0, 0.05) is 55.4 Å². The van der Waals surface area contributed by atoms with Gasteiger partial charge in [-0.15, -0.1) is 24.5 Å². The van der Waals surface area contributed by atoms with Gasteiger partial charge >= 0.3 is 6.36 Å². The van der Waals surface area contributed by atoms with Crippen LogP contribution in [0.5, 0.6) is 5.75 Å². The number of amides is 1. The maximum absolute atomic E-state index is 12.8. The summed E-state index contributed by atoms with van der Waals surface area (Å²) < 4.78 is 43.0. The number of thiazole rings is 1. The Morgan fingerprint density at radius 3 is 2.50 bits per heavy atom. The van der Waals surface area contributed by atoms with Crippen molar-refractivity contribution < 1.29 is 22.7 Å². The molecule has 4 heterocycles. The van der Waals surface area contributed by atoms with E-state index in [2.05, 4.69) is 24.8 Å². The lowest BCUT2D eigenvalue weighted by Gasteiger charge is -2.36. The number of ether oxygens (including phenoxy) is 1. The number of nitrogens with one attached hydrogen (secondary N) is 1. The smallest absolute Gasteiger partial charge is 0.406 e. The number of nitrogens with zero attached hydrogens (tertiary/aromatic N) is 5. The molecule has 1 aliphatic rings. The molecule has 1 fully saturated rings. The maximum atomic E-state index is 12.8. The SMILES string of the molecule is Cc1nc2sccn2c1C(=O)NCc1ccc2nc(N3CCN(c4ccc(OC(F)(F)F)cc4)CC3)ccc2c1. The third-order valence-electron chi connectivity index (χ3n) is 6.88. The monoisotopic (exact) mass is 566 g/mol. The van der Waals surface area contributed by atoms with Gasteiger partial charge in [-0.05, 0) is 61.0 Å². The van der Waals surface area contributed by atoms with Crippen LogP contribution in [0.15, 0.2) is 66.2 Å². The van der Waals surface area contributed by atoms with Gasteiger partial charge < -0.3 is 19.9 Å². The molecule has 5 aromatic rings. The summed E-state index contributed by atoms with van der Waals surface area (Å²) in [5, 5.41) is 5.88. The Hall–Kier alpha value is -4.32. The van der Waals surface area contributed by atoms with Crippen LogP contribution in [0, 0.1) is 6.92 Å². The van der Waals surface area contributed by atoms with Crippen LogP contribution in [-0.2, 0) is 6.54 Å². The molecule has 40 heavy (non-hydrogen) atoms. The van der Waals surface area contributed by atoms with Crippen LogP contribution in [0.25, 0.3) is 15.9 Å². The molecule has 1 aliphatic heterocycles. The average Bonchev–Trinajstić information content (AvgIpc) is 3.51. The maximum Gasteiger partial charge on any atom is 0.573 e. The first-order valence-corrected chi connectivity index (χ1v) is 13.6. The van der Waals surface area contributed by atoms with Crippen LogP contribution >= 0.6 is 11.3 Å². The second kappa shape index (κ2) is 10.3. The molecule has 0 bridgehead atoms. The number of pyridine rings is 1. The van der Waals surface area contributed by atoms with Crippen molar-refractivity contribution in [2.75, 3.05) is 36.0 Å². The number of benzene rings is 2. The summed E-state index contributed by atoms with van der Waals surface area (Å²) in [4.78, 5) is 27.2. The van der Waals surface area contributed by atoms with Crippen LogP contribution in [-0.4, -0.2) is 52.8 Å². The van der Waals surface area contributed by atoms with Gasteiger partial charge in [0.1, 0.15) is 17.3 Å². The fourth-order valence-electron chi connectivity index (χ4n) is 4.94. The van der Waals surface area contributed by atoms with E-state index in [1.807, 2.05) is 53.2 Å². The number of hydrogen-bond donors (Lipinski definition) is 1. The minimum Gasteiger partial charge on any atom is -0.406 e. The molecule has 1 amide bonds. The Bertz CT molecular complexity index is 1670. The molecule has 0 atom stereocenters. The molecule has 6 rings (SSSR count). The van der Waals surface area contributed by atoms with E-state index in [0.717, 1.165) is 46.0 Å². The molecule has 0 aliphatic carbocycles. The number of halogens is 3. The van der Waals surface area contributed by atoms with E-state index < -0.39 is 6.36 Å². The number of rotatable bonds is 6. The Kier molecular flexibility index (Phi) is 6.70. The summed E-state index contributed by atoms with van der Waals surface area (Å²) in [6, 6.07) is 15.9. The number of piperazine rings is 1. The zero-order valence-corrected chi connectivity index (χ0v) is 22.3. The lowest BCUT2D eigenvalue weighted by molar-refractivity contribution is -0.274. The largest absolute Gasteiger partial charge is 0.573 e. The molecule has 0 unspecified atom stereocenters. The Balaban J connectivity index is 1.07. The van der Waals surface area contributed by atoms with E-state index in [1.165, 1.54) is 23.5 Å². The van der Waals surface area contributed by atoms with E-state index >= 15 is 0 Å². The second-order valence-corrected chi connectivity index (χ2v) is 10.4. The summed E-state index contributed by atoms with van der Waals surface area (Å²) in [6.45, 7) is 5.11. The van der Waals surface area contributed by atoms with E-state index in [0.29, 0.717) is 31.0 Å². The highest BCUT2D eigenvalue weighted by Crippen LogP contribution is 2.27. The highest BCUT2D eigenvalue weighted by atomic mass is 32.1. The lowest BCUT2D eigenvalue weighted by atomic mass is 10.1. The zero-order valence-electron chi connectivity index (χ0n) is 21.5. The van der Waals surface area contributed by atoms with E-state index in [9.17, 15) is 18.0 Å². The first-order valence-electron chi connectivity index (χ1n) is 12.7. The molecule has 8 nitrogen and oxygen atoms in total. The van der Waals surface area contributed by atoms with Gasteiger partial charge in [-0.3, -0.25) is 9.20 Å². The van der Waals surface area contributed by atoms with Crippen molar-refractivity contribution in [2.45, 2.75) is 19.8 Å². The van der Waals surface area contributed by atoms with Crippen molar-refractivity contribution in [3.8, 4) is 5.75 Å². The third-order valence-corrected chi connectivity index (χ3v) is 7.64.